The van der Waals surface area contributed by atoms with Crippen LogP contribution in [0.25, 0.3) is 0 Å². The number of nitrogens with zero attached hydrogens (tertiary/aromatic N) is 7. The lowest BCUT2D eigenvalue weighted by atomic mass is 10.3. The molecular weight excluding hydrogens is 182 g/mol. The Hall–Kier alpha value is -2.18. The molecule has 0 fully saturated rings. The van der Waals surface area contributed by atoms with E-state index in [0.29, 0.717) is 18.4 Å². The zero-order chi connectivity index (χ0) is 9.38. The monoisotopic (exact) mass is 187 g/mol. The van der Waals surface area contributed by atoms with Crippen LogP contribution >= 0.6 is 0 Å². The quantitative estimate of drug-likeness (QED) is 0.594. The van der Waals surface area contributed by atoms with E-state index in [4.69, 9.17) is 0 Å². The Morgan fingerprint density at radius 1 is 1.36 bits per heavy atom. The molecule has 68 valence electrons. The summed E-state index contributed by atoms with van der Waals surface area (Å²) in [6.45, 7) is 0.413. The molecule has 0 saturated heterocycles. The number of fused-ring (bicyclic) bond motifs is 2. The lowest BCUT2D eigenvalue weighted by molar-refractivity contribution is 0.485. The molecule has 1 aromatic heterocycles. The number of aliphatic imine (C=N–C) groups is 1. The molecule has 0 aliphatic carbocycles. The summed E-state index contributed by atoms with van der Waals surface area (Å²) < 4.78 is 0. The second kappa shape index (κ2) is 2.66. The van der Waals surface area contributed by atoms with Gasteiger partial charge in [0.15, 0.2) is 12.5 Å². The Kier molecular flexibility index (Phi) is 1.37. The minimum absolute atomic E-state index is 0.413. The number of hydrogen-bond donors (Lipinski definition) is 0. The zero-order valence-electron chi connectivity index (χ0n) is 7.07. The molecule has 0 bridgehead atoms. The van der Waals surface area contributed by atoms with Crippen LogP contribution in [0, 0.1) is 0 Å². The van der Waals surface area contributed by atoms with Gasteiger partial charge in [0.05, 0.1) is 11.8 Å². The van der Waals surface area contributed by atoms with E-state index in [2.05, 4.69) is 30.3 Å². The Bertz CT molecular complexity index is 461. The van der Waals surface area contributed by atoms with Gasteiger partial charge in [-0.15, -0.1) is 5.11 Å². The molecule has 7 heteroatoms. The van der Waals surface area contributed by atoms with Crippen molar-refractivity contribution in [2.45, 2.75) is 0 Å². The van der Waals surface area contributed by atoms with Crippen molar-refractivity contribution in [2.24, 2.45) is 20.3 Å². The van der Waals surface area contributed by atoms with Gasteiger partial charge in [-0.1, -0.05) is 0 Å². The summed E-state index contributed by atoms with van der Waals surface area (Å²) in [6, 6.07) is 0. The second-order valence-electron chi connectivity index (χ2n) is 2.74. The largest absolute Gasteiger partial charge is 0.269 e. The SMILES string of the molecule is C1=NN2CN=NC2=Nc2ncncc21. The number of hydrogen-bond acceptors (Lipinski definition) is 7. The predicted molar refractivity (Wildman–Crippen MR) is 48.3 cm³/mol. The summed E-state index contributed by atoms with van der Waals surface area (Å²) in [4.78, 5) is 12.1. The van der Waals surface area contributed by atoms with E-state index in [1.807, 2.05) is 0 Å². The van der Waals surface area contributed by atoms with Crippen LogP contribution in [0.2, 0.25) is 0 Å². The molecule has 0 amide bonds. The topological polar surface area (TPSA) is 78.5 Å². The van der Waals surface area contributed by atoms with E-state index >= 15 is 0 Å². The maximum absolute atomic E-state index is 4.21. The van der Waals surface area contributed by atoms with Gasteiger partial charge < -0.3 is 0 Å². The Morgan fingerprint density at radius 2 is 2.36 bits per heavy atom. The van der Waals surface area contributed by atoms with Gasteiger partial charge in [0, 0.05) is 6.20 Å². The predicted octanol–water partition coefficient (Wildman–Crippen LogP) is 0.537. The maximum atomic E-state index is 4.21. The van der Waals surface area contributed by atoms with Crippen molar-refractivity contribution in [2.75, 3.05) is 6.67 Å². The standard InChI is InChI=1S/C7H5N7/c1-5-2-11-14-4-10-13-7(14)12-6(5)9-3-8-1/h1-3H,4H2. The first-order chi connectivity index (χ1) is 6.93. The number of azo groups is 1. The third-order valence-corrected chi connectivity index (χ3v) is 1.85. The molecule has 1 aromatic rings. The van der Waals surface area contributed by atoms with Gasteiger partial charge in [-0.2, -0.15) is 15.2 Å². The molecule has 7 nitrogen and oxygen atoms in total. The van der Waals surface area contributed by atoms with Crippen LogP contribution in [0.1, 0.15) is 5.56 Å². The minimum atomic E-state index is 0.413. The molecule has 3 heterocycles. The fourth-order valence-electron chi connectivity index (χ4n) is 1.18. The highest BCUT2D eigenvalue weighted by molar-refractivity contribution is 5.92. The van der Waals surface area contributed by atoms with Gasteiger partial charge in [-0.25, -0.2) is 15.0 Å². The Balaban J connectivity index is 2.19. The Morgan fingerprint density at radius 3 is 3.36 bits per heavy atom. The molecule has 2 aliphatic heterocycles. The molecule has 0 spiro atoms. The summed E-state index contributed by atoms with van der Waals surface area (Å²) in [6.07, 6.45) is 4.76. The summed E-state index contributed by atoms with van der Waals surface area (Å²) in [5.74, 6) is 1.04. The van der Waals surface area contributed by atoms with E-state index in [-0.39, 0.29) is 0 Å². The Labute approximate surface area is 78.9 Å². The zero-order valence-corrected chi connectivity index (χ0v) is 7.07. The molecular formula is C7H5N7. The summed E-state index contributed by atoms with van der Waals surface area (Å²) in [5.41, 5.74) is 0.782. The van der Waals surface area contributed by atoms with Gasteiger partial charge in [-0.3, -0.25) is 0 Å². The number of guanidine groups is 1. The average Bonchev–Trinajstić information content (AvgIpc) is 2.58. The van der Waals surface area contributed by atoms with Crippen LogP contribution in [0.15, 0.2) is 32.8 Å². The summed E-state index contributed by atoms with van der Waals surface area (Å²) in [7, 11) is 0. The first-order valence-electron chi connectivity index (χ1n) is 4.01. The van der Waals surface area contributed by atoms with Crippen molar-refractivity contribution in [3.05, 3.63) is 18.1 Å². The normalized spacial score (nSPS) is 17.4. The van der Waals surface area contributed by atoms with Crippen LogP contribution in [0.4, 0.5) is 5.82 Å². The third kappa shape index (κ3) is 0.987. The van der Waals surface area contributed by atoms with Crippen LogP contribution < -0.4 is 0 Å². The van der Waals surface area contributed by atoms with Gasteiger partial charge in [0.2, 0.25) is 0 Å². The molecule has 0 atom stereocenters. The molecule has 0 unspecified atom stereocenters. The van der Waals surface area contributed by atoms with Crippen LogP contribution in [-0.4, -0.2) is 33.8 Å². The van der Waals surface area contributed by atoms with Crippen molar-refractivity contribution < 1.29 is 0 Å². The second-order valence-corrected chi connectivity index (χ2v) is 2.74. The molecule has 0 saturated carbocycles. The molecule has 14 heavy (non-hydrogen) atoms. The van der Waals surface area contributed by atoms with Crippen molar-refractivity contribution in [1.82, 2.24) is 15.0 Å². The molecule has 0 radical (unpaired) electrons. The van der Waals surface area contributed by atoms with Gasteiger partial charge in [0.25, 0.3) is 5.96 Å². The highest BCUT2D eigenvalue weighted by atomic mass is 15.6. The van der Waals surface area contributed by atoms with E-state index in [1.54, 1.807) is 17.4 Å². The van der Waals surface area contributed by atoms with Crippen molar-refractivity contribution in [3.63, 3.8) is 0 Å². The van der Waals surface area contributed by atoms with Crippen LogP contribution in [0.3, 0.4) is 0 Å². The molecule has 2 aliphatic rings. The molecule has 3 rings (SSSR count). The number of hydrazone groups is 1. The summed E-state index contributed by atoms with van der Waals surface area (Å²) in [5, 5.41) is 13.4. The smallest absolute Gasteiger partial charge is 0.244 e. The molecule has 0 N–H and O–H groups in total. The summed E-state index contributed by atoms with van der Waals surface area (Å²) >= 11 is 0. The van der Waals surface area contributed by atoms with E-state index < -0.39 is 0 Å². The maximum Gasteiger partial charge on any atom is 0.269 e. The van der Waals surface area contributed by atoms with Crippen LogP contribution in [0.5, 0.6) is 0 Å². The lowest BCUT2D eigenvalue weighted by Crippen LogP contribution is -2.17. The van der Waals surface area contributed by atoms with E-state index in [1.165, 1.54) is 6.33 Å². The van der Waals surface area contributed by atoms with Crippen molar-refractivity contribution in [3.8, 4) is 0 Å². The number of rotatable bonds is 0. The minimum Gasteiger partial charge on any atom is -0.244 e. The van der Waals surface area contributed by atoms with E-state index in [9.17, 15) is 0 Å². The van der Waals surface area contributed by atoms with E-state index in [0.717, 1.165) is 5.56 Å². The first-order valence-corrected chi connectivity index (χ1v) is 4.01. The van der Waals surface area contributed by atoms with Gasteiger partial charge in [0.1, 0.15) is 6.33 Å². The molecule has 0 aromatic carbocycles. The fourth-order valence-corrected chi connectivity index (χ4v) is 1.18. The van der Waals surface area contributed by atoms with Crippen molar-refractivity contribution in [1.29, 1.82) is 0 Å². The highest BCUT2D eigenvalue weighted by Crippen LogP contribution is 2.18. The third-order valence-electron chi connectivity index (χ3n) is 1.85. The van der Waals surface area contributed by atoms with Crippen LogP contribution in [-0.2, 0) is 0 Å². The fraction of sp³-hybridized carbons (Fsp3) is 0.143. The van der Waals surface area contributed by atoms with Crippen molar-refractivity contribution >= 4 is 18.0 Å². The highest BCUT2D eigenvalue weighted by Gasteiger charge is 2.18. The van der Waals surface area contributed by atoms with Gasteiger partial charge in [-0.05, 0) is 0 Å². The first kappa shape index (κ1) is 7.25. The number of aromatic nitrogens is 2. The van der Waals surface area contributed by atoms with Gasteiger partial charge >= 0.3 is 0 Å². The lowest BCUT2D eigenvalue weighted by Gasteiger charge is -2.03. The average molecular weight is 187 g/mol.